The number of carbonyl (C=O) groups excluding carboxylic acids is 1. The zero-order chi connectivity index (χ0) is 17.8. The maximum atomic E-state index is 12.1. The molecule has 0 aliphatic rings. The van der Waals surface area contributed by atoms with Gasteiger partial charge >= 0.3 is 0 Å². The smallest absolute Gasteiger partial charge is 0.259 e. The van der Waals surface area contributed by atoms with Crippen molar-refractivity contribution in [2.75, 3.05) is 11.1 Å². The molecule has 0 spiro atoms. The molecule has 0 saturated carbocycles. The maximum absolute atomic E-state index is 12.1. The Morgan fingerprint density at radius 1 is 1.32 bits per heavy atom. The zero-order valence-corrected chi connectivity index (χ0v) is 15.4. The normalized spacial score (nSPS) is 11.2. The fraction of sp³-hybridized carbons (Fsp3) is 0.312. The number of carbonyl (C=O) groups is 1. The summed E-state index contributed by atoms with van der Waals surface area (Å²) in [5.74, 6) is 0.399. The van der Waals surface area contributed by atoms with Crippen LogP contribution in [-0.2, 0) is 11.2 Å². The summed E-state index contributed by atoms with van der Waals surface area (Å²) in [4.78, 5) is 31.1. The van der Waals surface area contributed by atoms with Gasteiger partial charge in [0.2, 0.25) is 11.0 Å². The van der Waals surface area contributed by atoms with E-state index in [1.807, 2.05) is 6.07 Å². The van der Waals surface area contributed by atoms with Crippen LogP contribution >= 0.6 is 23.1 Å². The van der Waals surface area contributed by atoms with Crippen LogP contribution < -0.4 is 10.9 Å². The number of aromatic amines is 1. The molecule has 1 amide bonds. The molecule has 0 aliphatic carbocycles. The van der Waals surface area contributed by atoms with Gasteiger partial charge in [-0.1, -0.05) is 49.1 Å². The summed E-state index contributed by atoms with van der Waals surface area (Å²) in [6.07, 6.45) is 0.838. The molecule has 0 saturated heterocycles. The summed E-state index contributed by atoms with van der Waals surface area (Å²) < 4.78 is 0. The second-order valence-electron chi connectivity index (χ2n) is 5.82. The first-order chi connectivity index (χ1) is 12.0. The predicted molar refractivity (Wildman–Crippen MR) is 100 cm³/mol. The van der Waals surface area contributed by atoms with E-state index in [-0.39, 0.29) is 17.2 Å². The quantitative estimate of drug-likeness (QED) is 0.507. The van der Waals surface area contributed by atoms with E-state index in [0.29, 0.717) is 27.1 Å². The molecule has 9 heteroatoms. The minimum atomic E-state index is -0.215. The number of nitrogens with zero attached hydrogens (tertiary/aromatic N) is 3. The molecule has 7 nitrogen and oxygen atoms in total. The molecule has 0 radical (unpaired) electrons. The Morgan fingerprint density at radius 3 is 2.92 bits per heavy atom. The van der Waals surface area contributed by atoms with Gasteiger partial charge < -0.3 is 4.98 Å². The van der Waals surface area contributed by atoms with Crippen molar-refractivity contribution >= 4 is 45.0 Å². The van der Waals surface area contributed by atoms with Crippen molar-refractivity contribution in [3.05, 3.63) is 39.6 Å². The Bertz CT molecular complexity index is 951. The molecule has 130 valence electrons. The monoisotopic (exact) mass is 375 g/mol. The van der Waals surface area contributed by atoms with Crippen LogP contribution in [0.15, 0.2) is 34.2 Å². The Balaban J connectivity index is 1.60. The predicted octanol–water partition coefficient (Wildman–Crippen LogP) is 2.70. The van der Waals surface area contributed by atoms with Gasteiger partial charge in [-0.25, -0.2) is 4.98 Å². The van der Waals surface area contributed by atoms with Gasteiger partial charge in [0.15, 0.2) is 5.16 Å². The highest BCUT2D eigenvalue weighted by atomic mass is 32.2. The molecular formula is C16H17N5O2S2. The van der Waals surface area contributed by atoms with Crippen LogP contribution in [0.3, 0.4) is 0 Å². The number of hydrogen-bond donors (Lipinski definition) is 2. The van der Waals surface area contributed by atoms with Crippen molar-refractivity contribution in [2.24, 2.45) is 5.92 Å². The molecule has 0 atom stereocenters. The molecule has 1 aromatic carbocycles. The zero-order valence-electron chi connectivity index (χ0n) is 13.8. The Morgan fingerprint density at radius 2 is 2.12 bits per heavy atom. The van der Waals surface area contributed by atoms with E-state index in [0.717, 1.165) is 11.4 Å². The highest BCUT2D eigenvalue weighted by molar-refractivity contribution is 7.99. The van der Waals surface area contributed by atoms with Gasteiger partial charge in [0.1, 0.15) is 5.01 Å². The third kappa shape index (κ3) is 4.64. The third-order valence-corrected chi connectivity index (χ3v) is 4.96. The number of H-pyrrole nitrogens is 1. The topological polar surface area (TPSA) is 101 Å². The molecule has 3 aromatic rings. The number of benzene rings is 1. The van der Waals surface area contributed by atoms with Gasteiger partial charge in [-0.2, -0.15) is 0 Å². The second kappa shape index (κ2) is 7.75. The second-order valence-corrected chi connectivity index (χ2v) is 7.85. The average Bonchev–Trinajstić information content (AvgIpc) is 2.99. The van der Waals surface area contributed by atoms with Crippen LogP contribution in [0.5, 0.6) is 0 Å². The number of thioether (sulfide) groups is 1. The van der Waals surface area contributed by atoms with Crippen molar-refractivity contribution < 1.29 is 4.79 Å². The van der Waals surface area contributed by atoms with Crippen LogP contribution in [0.1, 0.15) is 18.9 Å². The number of aromatic nitrogens is 4. The lowest BCUT2D eigenvalue weighted by Gasteiger charge is -2.03. The highest BCUT2D eigenvalue weighted by Crippen LogP contribution is 2.19. The number of rotatable bonds is 6. The molecular weight excluding hydrogens is 358 g/mol. The minimum absolute atomic E-state index is 0.125. The molecule has 0 bridgehead atoms. The van der Waals surface area contributed by atoms with E-state index < -0.39 is 0 Å². The number of hydrogen-bond acceptors (Lipinski definition) is 7. The first kappa shape index (κ1) is 17.6. The largest absolute Gasteiger partial charge is 0.301 e. The summed E-state index contributed by atoms with van der Waals surface area (Å²) in [7, 11) is 0. The number of anilines is 1. The average molecular weight is 375 g/mol. The first-order valence-electron chi connectivity index (χ1n) is 7.75. The van der Waals surface area contributed by atoms with Gasteiger partial charge in [0, 0.05) is 6.42 Å². The summed E-state index contributed by atoms with van der Waals surface area (Å²) in [6.45, 7) is 4.21. The van der Waals surface area contributed by atoms with E-state index in [4.69, 9.17) is 0 Å². The van der Waals surface area contributed by atoms with Gasteiger partial charge in [0.05, 0.1) is 16.7 Å². The van der Waals surface area contributed by atoms with Gasteiger partial charge in [-0.15, -0.1) is 10.2 Å². The highest BCUT2D eigenvalue weighted by Gasteiger charge is 2.11. The lowest BCUT2D eigenvalue weighted by molar-refractivity contribution is -0.113. The molecule has 25 heavy (non-hydrogen) atoms. The molecule has 2 heterocycles. The van der Waals surface area contributed by atoms with Gasteiger partial charge in [-0.3, -0.25) is 14.9 Å². The summed E-state index contributed by atoms with van der Waals surface area (Å²) in [5.41, 5.74) is 0.396. The fourth-order valence-corrected chi connectivity index (χ4v) is 3.79. The van der Waals surface area contributed by atoms with Crippen molar-refractivity contribution in [1.82, 2.24) is 20.2 Å². The van der Waals surface area contributed by atoms with Crippen molar-refractivity contribution in [3.8, 4) is 0 Å². The van der Waals surface area contributed by atoms with E-state index in [9.17, 15) is 9.59 Å². The Kier molecular flexibility index (Phi) is 5.44. The molecule has 0 aliphatic heterocycles. The van der Waals surface area contributed by atoms with Crippen LogP contribution in [-0.4, -0.2) is 31.8 Å². The Hall–Kier alpha value is -2.26. The van der Waals surface area contributed by atoms with Crippen molar-refractivity contribution in [3.63, 3.8) is 0 Å². The fourth-order valence-electron chi connectivity index (χ4n) is 2.16. The summed E-state index contributed by atoms with van der Waals surface area (Å²) >= 11 is 2.55. The van der Waals surface area contributed by atoms with E-state index in [1.165, 1.54) is 23.1 Å². The first-order valence-corrected chi connectivity index (χ1v) is 9.55. The van der Waals surface area contributed by atoms with Crippen LogP contribution in [0.25, 0.3) is 10.9 Å². The maximum Gasteiger partial charge on any atom is 0.259 e. The van der Waals surface area contributed by atoms with E-state index in [2.05, 4.69) is 39.3 Å². The van der Waals surface area contributed by atoms with E-state index in [1.54, 1.807) is 18.2 Å². The van der Waals surface area contributed by atoms with Crippen molar-refractivity contribution in [2.45, 2.75) is 25.4 Å². The van der Waals surface area contributed by atoms with Gasteiger partial charge in [-0.05, 0) is 18.1 Å². The SMILES string of the molecule is CC(C)Cc1nnc(NC(=O)CSc2nc3ccccc3c(=O)[nH]2)s1. The lowest BCUT2D eigenvalue weighted by Crippen LogP contribution is -2.15. The van der Waals surface area contributed by atoms with Gasteiger partial charge in [0.25, 0.3) is 5.56 Å². The van der Waals surface area contributed by atoms with E-state index >= 15 is 0 Å². The summed E-state index contributed by atoms with van der Waals surface area (Å²) in [5, 5.41) is 13.1. The minimum Gasteiger partial charge on any atom is -0.301 e. The van der Waals surface area contributed by atoms with Crippen LogP contribution in [0, 0.1) is 5.92 Å². The van der Waals surface area contributed by atoms with Crippen molar-refractivity contribution in [1.29, 1.82) is 0 Å². The third-order valence-electron chi connectivity index (χ3n) is 3.23. The number of amides is 1. The van der Waals surface area contributed by atoms with Crippen LogP contribution in [0.2, 0.25) is 0 Å². The molecule has 2 N–H and O–H groups in total. The molecule has 0 unspecified atom stereocenters. The van der Waals surface area contributed by atoms with Crippen LogP contribution in [0.4, 0.5) is 5.13 Å². The molecule has 2 aromatic heterocycles. The molecule has 0 fully saturated rings. The number of nitrogens with one attached hydrogen (secondary N) is 2. The standard InChI is InChI=1S/C16H17N5O2S2/c1-9(2)7-13-20-21-16(25-13)18-12(22)8-24-15-17-11-6-4-3-5-10(11)14(23)19-15/h3-6,9H,7-8H2,1-2H3,(H,17,19,23)(H,18,21,22). The number of fused-ring (bicyclic) bond motifs is 1. The summed E-state index contributed by atoms with van der Waals surface area (Å²) in [6, 6.07) is 7.09. The lowest BCUT2D eigenvalue weighted by atomic mass is 10.1. The Labute approximate surface area is 152 Å². The number of para-hydroxylation sites is 1. The molecule has 3 rings (SSSR count).